The second kappa shape index (κ2) is 3.51. The van der Waals surface area contributed by atoms with E-state index in [1.54, 1.807) is 6.07 Å². The van der Waals surface area contributed by atoms with Crippen molar-refractivity contribution in [2.24, 2.45) is 0 Å². The van der Waals surface area contributed by atoms with Crippen LogP contribution in [0, 0.1) is 13.8 Å². The Morgan fingerprint density at radius 1 is 1.27 bits per heavy atom. The van der Waals surface area contributed by atoms with Crippen LogP contribution < -0.4 is 5.56 Å². The van der Waals surface area contributed by atoms with E-state index in [2.05, 4.69) is 4.98 Å². The third kappa shape index (κ3) is 1.66. The molecule has 2 N–H and O–H groups in total. The molecular formula is C12H13NO2. The first-order valence-electron chi connectivity index (χ1n) is 4.86. The van der Waals surface area contributed by atoms with E-state index in [-0.39, 0.29) is 12.2 Å². The summed E-state index contributed by atoms with van der Waals surface area (Å²) in [7, 11) is 0. The second-order valence-electron chi connectivity index (χ2n) is 3.83. The lowest BCUT2D eigenvalue weighted by Crippen LogP contribution is -2.12. The number of fused-ring (bicyclic) bond motifs is 1. The highest BCUT2D eigenvalue weighted by Gasteiger charge is 2.04. The van der Waals surface area contributed by atoms with Crippen LogP contribution in [0.5, 0.6) is 0 Å². The maximum absolute atomic E-state index is 11.5. The van der Waals surface area contributed by atoms with Crippen molar-refractivity contribution in [1.29, 1.82) is 0 Å². The van der Waals surface area contributed by atoms with Gasteiger partial charge in [-0.2, -0.15) is 0 Å². The number of nitrogens with one attached hydrogen (secondary N) is 1. The number of aromatic amines is 1. The maximum Gasteiger partial charge on any atom is 0.253 e. The molecule has 78 valence electrons. The Morgan fingerprint density at radius 2 is 2.00 bits per heavy atom. The molecule has 2 rings (SSSR count). The van der Waals surface area contributed by atoms with Crippen LogP contribution in [0.3, 0.4) is 0 Å². The molecular weight excluding hydrogens is 190 g/mol. The van der Waals surface area contributed by atoms with Gasteiger partial charge in [0, 0.05) is 5.56 Å². The fraction of sp³-hybridized carbons (Fsp3) is 0.250. The van der Waals surface area contributed by atoms with Crippen molar-refractivity contribution in [3.8, 4) is 0 Å². The van der Waals surface area contributed by atoms with Gasteiger partial charge in [-0.3, -0.25) is 4.79 Å². The average molecular weight is 203 g/mol. The summed E-state index contributed by atoms with van der Waals surface area (Å²) in [6.45, 7) is 3.75. The molecule has 0 saturated carbocycles. The molecule has 0 aliphatic rings. The molecule has 1 aromatic heterocycles. The molecule has 0 amide bonds. The predicted molar refractivity (Wildman–Crippen MR) is 60.0 cm³/mol. The van der Waals surface area contributed by atoms with Crippen molar-refractivity contribution in [2.75, 3.05) is 0 Å². The Bertz CT molecular complexity index is 570. The standard InChI is InChI=1S/C12H13NO2/c1-7-3-8(2)11-9(4-7)5-10(6-14)12(15)13-11/h3-5,14H,6H2,1-2H3,(H,13,15). The summed E-state index contributed by atoms with van der Waals surface area (Å²) in [6, 6.07) is 5.77. The van der Waals surface area contributed by atoms with Crippen LogP contribution >= 0.6 is 0 Å². The number of rotatable bonds is 1. The topological polar surface area (TPSA) is 53.1 Å². The molecule has 0 bridgehead atoms. The van der Waals surface area contributed by atoms with Crippen LogP contribution in [0.25, 0.3) is 10.9 Å². The molecule has 15 heavy (non-hydrogen) atoms. The summed E-state index contributed by atoms with van der Waals surface area (Å²) in [5.41, 5.74) is 3.25. The number of aliphatic hydroxyl groups excluding tert-OH is 1. The fourth-order valence-electron chi connectivity index (χ4n) is 1.85. The van der Waals surface area contributed by atoms with Gasteiger partial charge >= 0.3 is 0 Å². The number of benzene rings is 1. The first-order chi connectivity index (χ1) is 7.11. The van der Waals surface area contributed by atoms with Gasteiger partial charge in [-0.1, -0.05) is 11.6 Å². The van der Waals surface area contributed by atoms with E-state index in [0.29, 0.717) is 5.56 Å². The summed E-state index contributed by atoms with van der Waals surface area (Å²) < 4.78 is 0. The van der Waals surface area contributed by atoms with Gasteiger partial charge in [0.1, 0.15) is 0 Å². The van der Waals surface area contributed by atoms with Crippen LogP contribution in [0.15, 0.2) is 23.0 Å². The zero-order chi connectivity index (χ0) is 11.0. The lowest BCUT2D eigenvalue weighted by atomic mass is 10.1. The molecule has 0 aliphatic carbocycles. The third-order valence-corrected chi connectivity index (χ3v) is 2.54. The zero-order valence-electron chi connectivity index (χ0n) is 8.79. The van der Waals surface area contributed by atoms with E-state index in [1.807, 2.05) is 26.0 Å². The molecule has 2 aromatic rings. The normalized spacial score (nSPS) is 10.9. The molecule has 0 saturated heterocycles. The van der Waals surface area contributed by atoms with Crippen molar-refractivity contribution < 1.29 is 5.11 Å². The molecule has 0 unspecified atom stereocenters. The van der Waals surface area contributed by atoms with E-state index < -0.39 is 0 Å². The molecule has 0 atom stereocenters. The summed E-state index contributed by atoms with van der Waals surface area (Å²) >= 11 is 0. The molecule has 1 heterocycles. The van der Waals surface area contributed by atoms with Crippen molar-refractivity contribution in [1.82, 2.24) is 4.98 Å². The van der Waals surface area contributed by atoms with Gasteiger partial charge in [-0.25, -0.2) is 0 Å². The van der Waals surface area contributed by atoms with Gasteiger partial charge in [0.15, 0.2) is 0 Å². The fourth-order valence-corrected chi connectivity index (χ4v) is 1.85. The molecule has 3 nitrogen and oxygen atoms in total. The molecule has 3 heteroatoms. The Balaban J connectivity index is 2.87. The zero-order valence-corrected chi connectivity index (χ0v) is 8.79. The van der Waals surface area contributed by atoms with Crippen LogP contribution in [0.1, 0.15) is 16.7 Å². The number of aryl methyl sites for hydroxylation is 2. The lowest BCUT2D eigenvalue weighted by molar-refractivity contribution is 0.280. The molecule has 0 aliphatic heterocycles. The quantitative estimate of drug-likeness (QED) is 0.740. The lowest BCUT2D eigenvalue weighted by Gasteiger charge is -2.05. The van der Waals surface area contributed by atoms with Crippen LogP contribution in [0.2, 0.25) is 0 Å². The molecule has 0 spiro atoms. The van der Waals surface area contributed by atoms with Gasteiger partial charge in [-0.15, -0.1) is 0 Å². The Labute approximate surface area is 87.4 Å². The van der Waals surface area contributed by atoms with Crippen molar-refractivity contribution in [3.05, 3.63) is 45.2 Å². The Hall–Kier alpha value is -1.61. The van der Waals surface area contributed by atoms with E-state index in [4.69, 9.17) is 5.11 Å². The third-order valence-electron chi connectivity index (χ3n) is 2.54. The summed E-state index contributed by atoms with van der Waals surface area (Å²) in [4.78, 5) is 14.3. The maximum atomic E-state index is 11.5. The van der Waals surface area contributed by atoms with Crippen molar-refractivity contribution >= 4 is 10.9 Å². The van der Waals surface area contributed by atoms with Crippen molar-refractivity contribution in [2.45, 2.75) is 20.5 Å². The molecule has 0 radical (unpaired) electrons. The number of aliphatic hydroxyl groups is 1. The second-order valence-corrected chi connectivity index (χ2v) is 3.83. The predicted octanol–water partition coefficient (Wildman–Crippen LogP) is 1.64. The van der Waals surface area contributed by atoms with E-state index in [9.17, 15) is 4.79 Å². The van der Waals surface area contributed by atoms with Gasteiger partial charge in [0.2, 0.25) is 0 Å². The minimum Gasteiger partial charge on any atom is -0.391 e. The highest BCUT2D eigenvalue weighted by molar-refractivity contribution is 5.82. The first-order valence-corrected chi connectivity index (χ1v) is 4.86. The highest BCUT2D eigenvalue weighted by atomic mass is 16.3. The number of H-pyrrole nitrogens is 1. The van der Waals surface area contributed by atoms with E-state index in [0.717, 1.165) is 22.0 Å². The molecule has 0 fully saturated rings. The van der Waals surface area contributed by atoms with Crippen LogP contribution in [-0.2, 0) is 6.61 Å². The summed E-state index contributed by atoms with van der Waals surface area (Å²) in [5.74, 6) is 0. The van der Waals surface area contributed by atoms with Gasteiger partial charge in [0.05, 0.1) is 12.1 Å². The number of hydrogen-bond donors (Lipinski definition) is 2. The monoisotopic (exact) mass is 203 g/mol. The highest BCUT2D eigenvalue weighted by Crippen LogP contribution is 2.17. The minimum atomic E-state index is -0.224. The van der Waals surface area contributed by atoms with Gasteiger partial charge in [0.25, 0.3) is 5.56 Å². The van der Waals surface area contributed by atoms with Gasteiger partial charge in [-0.05, 0) is 36.9 Å². The smallest absolute Gasteiger partial charge is 0.253 e. The van der Waals surface area contributed by atoms with E-state index in [1.165, 1.54) is 0 Å². The Kier molecular flexibility index (Phi) is 2.32. The van der Waals surface area contributed by atoms with Crippen LogP contribution in [-0.4, -0.2) is 10.1 Å². The average Bonchev–Trinajstić information content (AvgIpc) is 2.18. The van der Waals surface area contributed by atoms with Gasteiger partial charge < -0.3 is 10.1 Å². The Morgan fingerprint density at radius 3 is 2.67 bits per heavy atom. The van der Waals surface area contributed by atoms with E-state index >= 15 is 0 Å². The number of hydrogen-bond acceptors (Lipinski definition) is 2. The number of pyridine rings is 1. The SMILES string of the molecule is Cc1cc(C)c2[nH]c(=O)c(CO)cc2c1. The summed E-state index contributed by atoms with van der Waals surface area (Å²) in [5, 5.41) is 9.97. The first kappa shape index (κ1) is 9.93. The summed E-state index contributed by atoms with van der Waals surface area (Å²) in [6.07, 6.45) is 0. The molecule has 1 aromatic carbocycles. The number of aromatic nitrogens is 1. The van der Waals surface area contributed by atoms with Crippen LogP contribution in [0.4, 0.5) is 0 Å². The van der Waals surface area contributed by atoms with Crippen molar-refractivity contribution in [3.63, 3.8) is 0 Å². The largest absolute Gasteiger partial charge is 0.391 e. The minimum absolute atomic E-state index is 0.211.